The van der Waals surface area contributed by atoms with Crippen LogP contribution in [0.25, 0.3) is 11.5 Å². The highest BCUT2D eigenvalue weighted by Crippen LogP contribution is 2.35. The lowest BCUT2D eigenvalue weighted by atomic mass is 9.82. The van der Waals surface area contributed by atoms with Gasteiger partial charge in [-0.2, -0.15) is 4.98 Å². The average molecular weight is 287 g/mol. The van der Waals surface area contributed by atoms with Gasteiger partial charge < -0.3 is 9.26 Å². The van der Waals surface area contributed by atoms with Crippen molar-refractivity contribution in [2.24, 2.45) is 5.92 Å². The number of hydrogen-bond acceptors (Lipinski definition) is 6. The van der Waals surface area contributed by atoms with Crippen LogP contribution >= 0.6 is 0 Å². The van der Waals surface area contributed by atoms with Crippen LogP contribution in [-0.2, 0) is 9.53 Å². The third kappa shape index (κ3) is 2.94. The molecule has 0 spiro atoms. The fourth-order valence-electron chi connectivity index (χ4n) is 2.74. The van der Waals surface area contributed by atoms with E-state index in [0.29, 0.717) is 17.4 Å². The standard InChI is InChI=1S/C15H17N3O3/c1-20-15(19)11-7-5-10(6-8-11)14-17-13(18-21-14)12-4-2-3-9-16-12/h2-4,9-11H,5-8H2,1H3. The number of esters is 1. The number of pyridine rings is 1. The number of carbonyl (C=O) groups is 1. The maximum absolute atomic E-state index is 11.5. The molecule has 2 aromatic rings. The number of nitrogens with zero attached hydrogens (tertiary/aromatic N) is 3. The van der Waals surface area contributed by atoms with E-state index in [4.69, 9.17) is 9.26 Å². The number of carbonyl (C=O) groups excluding carboxylic acids is 1. The lowest BCUT2D eigenvalue weighted by Gasteiger charge is -2.24. The summed E-state index contributed by atoms with van der Waals surface area (Å²) in [6.07, 6.45) is 5.04. The topological polar surface area (TPSA) is 78.1 Å². The Morgan fingerprint density at radius 2 is 2.10 bits per heavy atom. The molecule has 0 N–H and O–H groups in total. The second-order valence-corrected chi connectivity index (χ2v) is 5.24. The summed E-state index contributed by atoms with van der Waals surface area (Å²) in [4.78, 5) is 20.2. The Bertz CT molecular complexity index is 604. The summed E-state index contributed by atoms with van der Waals surface area (Å²) in [5.41, 5.74) is 0.704. The van der Waals surface area contributed by atoms with E-state index < -0.39 is 0 Å². The normalized spacial score (nSPS) is 22.0. The van der Waals surface area contributed by atoms with Crippen LogP contribution in [0, 0.1) is 5.92 Å². The Morgan fingerprint density at radius 3 is 2.76 bits per heavy atom. The van der Waals surface area contributed by atoms with E-state index in [1.165, 1.54) is 7.11 Å². The fraction of sp³-hybridized carbons (Fsp3) is 0.467. The lowest BCUT2D eigenvalue weighted by Crippen LogP contribution is -2.22. The molecule has 0 amide bonds. The zero-order valence-corrected chi connectivity index (χ0v) is 11.9. The van der Waals surface area contributed by atoms with E-state index in [-0.39, 0.29) is 17.8 Å². The van der Waals surface area contributed by atoms with Gasteiger partial charge in [0.2, 0.25) is 11.7 Å². The highest BCUT2D eigenvalue weighted by molar-refractivity contribution is 5.72. The second kappa shape index (κ2) is 6.03. The van der Waals surface area contributed by atoms with Gasteiger partial charge in [0.25, 0.3) is 0 Å². The lowest BCUT2D eigenvalue weighted by molar-refractivity contribution is -0.146. The largest absolute Gasteiger partial charge is 0.469 e. The first-order valence-corrected chi connectivity index (χ1v) is 7.10. The van der Waals surface area contributed by atoms with Gasteiger partial charge in [-0.05, 0) is 37.8 Å². The van der Waals surface area contributed by atoms with Gasteiger partial charge in [0.15, 0.2) is 0 Å². The molecule has 2 aromatic heterocycles. The van der Waals surface area contributed by atoms with Gasteiger partial charge in [-0.3, -0.25) is 9.78 Å². The van der Waals surface area contributed by atoms with E-state index in [1.807, 2.05) is 18.2 Å². The van der Waals surface area contributed by atoms with Gasteiger partial charge in [0, 0.05) is 12.1 Å². The van der Waals surface area contributed by atoms with E-state index >= 15 is 0 Å². The molecule has 0 radical (unpaired) electrons. The van der Waals surface area contributed by atoms with Crippen LogP contribution in [0.4, 0.5) is 0 Å². The fourth-order valence-corrected chi connectivity index (χ4v) is 2.74. The maximum Gasteiger partial charge on any atom is 0.308 e. The van der Waals surface area contributed by atoms with Crippen molar-refractivity contribution in [3.8, 4) is 11.5 Å². The first kappa shape index (κ1) is 13.7. The Kier molecular flexibility index (Phi) is 3.94. The van der Waals surface area contributed by atoms with Crippen molar-refractivity contribution in [3.05, 3.63) is 30.3 Å². The first-order valence-electron chi connectivity index (χ1n) is 7.10. The monoisotopic (exact) mass is 287 g/mol. The molecule has 0 aromatic carbocycles. The van der Waals surface area contributed by atoms with Gasteiger partial charge in [0.05, 0.1) is 13.0 Å². The minimum absolute atomic E-state index is 0.00410. The summed E-state index contributed by atoms with van der Waals surface area (Å²) in [5, 5.41) is 3.99. The Hall–Kier alpha value is -2.24. The van der Waals surface area contributed by atoms with Crippen LogP contribution in [0.3, 0.4) is 0 Å². The molecule has 21 heavy (non-hydrogen) atoms. The van der Waals surface area contributed by atoms with Gasteiger partial charge in [0.1, 0.15) is 5.69 Å². The molecule has 2 heterocycles. The Morgan fingerprint density at radius 1 is 1.29 bits per heavy atom. The summed E-state index contributed by atoms with van der Waals surface area (Å²) in [7, 11) is 1.44. The molecule has 6 heteroatoms. The van der Waals surface area contributed by atoms with Crippen LogP contribution in [0.2, 0.25) is 0 Å². The van der Waals surface area contributed by atoms with Crippen molar-refractivity contribution in [2.75, 3.05) is 7.11 Å². The summed E-state index contributed by atoms with van der Waals surface area (Å²) in [6, 6.07) is 5.58. The third-order valence-corrected chi connectivity index (χ3v) is 3.95. The Labute approximate surface area is 122 Å². The third-order valence-electron chi connectivity index (χ3n) is 3.95. The van der Waals surface area contributed by atoms with Crippen LogP contribution in [0.1, 0.15) is 37.5 Å². The molecule has 3 rings (SSSR count). The summed E-state index contributed by atoms with van der Waals surface area (Å²) >= 11 is 0. The van der Waals surface area contributed by atoms with Gasteiger partial charge >= 0.3 is 5.97 Å². The summed E-state index contributed by atoms with van der Waals surface area (Å²) in [6.45, 7) is 0. The number of methoxy groups -OCH3 is 1. The molecule has 0 saturated heterocycles. The summed E-state index contributed by atoms with van der Waals surface area (Å²) < 4.78 is 10.2. The number of ether oxygens (including phenoxy) is 1. The number of rotatable bonds is 3. The van der Waals surface area contributed by atoms with Crippen molar-refractivity contribution in [3.63, 3.8) is 0 Å². The molecular formula is C15H17N3O3. The highest BCUT2D eigenvalue weighted by atomic mass is 16.5. The Balaban J connectivity index is 1.67. The first-order chi connectivity index (χ1) is 10.3. The molecule has 1 fully saturated rings. The quantitative estimate of drug-likeness (QED) is 0.807. The molecule has 0 bridgehead atoms. The van der Waals surface area contributed by atoms with Crippen molar-refractivity contribution in [1.29, 1.82) is 0 Å². The van der Waals surface area contributed by atoms with Crippen molar-refractivity contribution >= 4 is 5.97 Å². The smallest absolute Gasteiger partial charge is 0.308 e. The summed E-state index contributed by atoms with van der Waals surface area (Å²) in [5.74, 6) is 1.26. The SMILES string of the molecule is COC(=O)C1CCC(c2nc(-c3ccccn3)no2)CC1. The van der Waals surface area contributed by atoms with Crippen LogP contribution in [-0.4, -0.2) is 28.2 Å². The predicted molar refractivity (Wildman–Crippen MR) is 74.2 cm³/mol. The molecular weight excluding hydrogens is 270 g/mol. The second-order valence-electron chi connectivity index (χ2n) is 5.24. The van der Waals surface area contributed by atoms with Crippen molar-refractivity contribution < 1.29 is 14.1 Å². The molecule has 0 aliphatic heterocycles. The minimum Gasteiger partial charge on any atom is -0.469 e. The molecule has 0 atom stereocenters. The van der Waals surface area contributed by atoms with Gasteiger partial charge in [-0.15, -0.1) is 0 Å². The minimum atomic E-state index is -0.117. The molecule has 1 saturated carbocycles. The average Bonchev–Trinajstić information content (AvgIpc) is 3.05. The van der Waals surface area contributed by atoms with Gasteiger partial charge in [-0.25, -0.2) is 0 Å². The number of hydrogen-bond donors (Lipinski definition) is 0. The van der Waals surface area contributed by atoms with Gasteiger partial charge in [-0.1, -0.05) is 11.2 Å². The van der Waals surface area contributed by atoms with Crippen molar-refractivity contribution in [2.45, 2.75) is 31.6 Å². The zero-order valence-electron chi connectivity index (χ0n) is 11.9. The zero-order chi connectivity index (χ0) is 14.7. The maximum atomic E-state index is 11.5. The van der Waals surface area contributed by atoms with Crippen LogP contribution < -0.4 is 0 Å². The van der Waals surface area contributed by atoms with E-state index in [0.717, 1.165) is 25.7 Å². The molecule has 0 unspecified atom stereocenters. The van der Waals surface area contributed by atoms with Crippen molar-refractivity contribution in [1.82, 2.24) is 15.1 Å². The molecule has 110 valence electrons. The molecule has 6 nitrogen and oxygen atoms in total. The van der Waals surface area contributed by atoms with E-state index in [2.05, 4.69) is 15.1 Å². The van der Waals surface area contributed by atoms with Crippen LogP contribution in [0.5, 0.6) is 0 Å². The van der Waals surface area contributed by atoms with E-state index in [9.17, 15) is 4.79 Å². The molecule has 1 aliphatic carbocycles. The predicted octanol–water partition coefficient (Wildman–Crippen LogP) is 2.58. The number of aromatic nitrogens is 3. The van der Waals surface area contributed by atoms with Crippen LogP contribution in [0.15, 0.2) is 28.9 Å². The van der Waals surface area contributed by atoms with E-state index in [1.54, 1.807) is 6.20 Å². The highest BCUT2D eigenvalue weighted by Gasteiger charge is 2.30. The molecule has 1 aliphatic rings.